The Morgan fingerprint density at radius 3 is 2.82 bits per heavy atom. The number of aldehydes is 1. The predicted octanol–water partition coefficient (Wildman–Crippen LogP) is 3.21. The standard InChI is InChI=1S/C13H11NO2S/c1-14-8(7-15)5-12-13(14)10-4-3-9(16-2)6-11(10)17-12/h3-7H,1-2H3. The van der Waals surface area contributed by atoms with Crippen molar-refractivity contribution in [1.82, 2.24) is 4.57 Å². The number of hydrogen-bond acceptors (Lipinski definition) is 3. The van der Waals surface area contributed by atoms with Crippen molar-refractivity contribution in [2.45, 2.75) is 0 Å². The average Bonchev–Trinajstić information content (AvgIpc) is 2.85. The van der Waals surface area contributed by atoms with Crippen LogP contribution in [0.15, 0.2) is 24.3 Å². The molecule has 2 heterocycles. The van der Waals surface area contributed by atoms with Crippen LogP contribution in [0.3, 0.4) is 0 Å². The van der Waals surface area contributed by atoms with E-state index in [9.17, 15) is 4.79 Å². The fourth-order valence-electron chi connectivity index (χ4n) is 2.13. The van der Waals surface area contributed by atoms with Crippen molar-refractivity contribution < 1.29 is 9.53 Å². The van der Waals surface area contributed by atoms with E-state index < -0.39 is 0 Å². The summed E-state index contributed by atoms with van der Waals surface area (Å²) in [7, 11) is 3.58. The minimum atomic E-state index is 0.712. The summed E-state index contributed by atoms with van der Waals surface area (Å²) in [6.07, 6.45) is 0.891. The first kappa shape index (κ1) is 10.4. The molecule has 0 aliphatic heterocycles. The number of benzene rings is 1. The Hall–Kier alpha value is -1.81. The molecule has 0 aliphatic carbocycles. The first-order valence-corrected chi connectivity index (χ1v) is 6.07. The molecule has 0 atom stereocenters. The number of fused-ring (bicyclic) bond motifs is 3. The third-order valence-electron chi connectivity index (χ3n) is 3.02. The van der Waals surface area contributed by atoms with E-state index in [0.717, 1.165) is 22.3 Å². The lowest BCUT2D eigenvalue weighted by atomic mass is 10.2. The van der Waals surface area contributed by atoms with Gasteiger partial charge in [-0.05, 0) is 24.3 Å². The van der Waals surface area contributed by atoms with Gasteiger partial charge in [-0.3, -0.25) is 4.79 Å². The maximum absolute atomic E-state index is 10.9. The van der Waals surface area contributed by atoms with E-state index in [2.05, 4.69) is 0 Å². The predicted molar refractivity (Wildman–Crippen MR) is 70.2 cm³/mol. The number of thiophene rings is 1. The number of carbonyl (C=O) groups is 1. The number of hydrogen-bond donors (Lipinski definition) is 0. The molecule has 86 valence electrons. The Morgan fingerprint density at radius 2 is 2.12 bits per heavy atom. The summed E-state index contributed by atoms with van der Waals surface area (Å²) in [4.78, 5) is 10.9. The normalized spacial score (nSPS) is 11.2. The lowest BCUT2D eigenvalue weighted by molar-refractivity contribution is 0.111. The van der Waals surface area contributed by atoms with Crippen molar-refractivity contribution in [3.63, 3.8) is 0 Å². The van der Waals surface area contributed by atoms with Gasteiger partial charge in [0.15, 0.2) is 6.29 Å². The molecule has 3 rings (SSSR count). The molecule has 0 aliphatic rings. The average molecular weight is 245 g/mol. The van der Waals surface area contributed by atoms with Crippen LogP contribution >= 0.6 is 11.3 Å². The molecule has 0 saturated heterocycles. The summed E-state index contributed by atoms with van der Waals surface area (Å²) in [5.41, 5.74) is 1.83. The highest BCUT2D eigenvalue weighted by molar-refractivity contribution is 7.25. The number of carbonyl (C=O) groups excluding carboxylic acids is 1. The maximum Gasteiger partial charge on any atom is 0.166 e. The topological polar surface area (TPSA) is 31.2 Å². The molecule has 0 N–H and O–H groups in total. The second kappa shape index (κ2) is 3.60. The van der Waals surface area contributed by atoms with Gasteiger partial charge in [0.1, 0.15) is 5.75 Å². The van der Waals surface area contributed by atoms with E-state index >= 15 is 0 Å². The van der Waals surface area contributed by atoms with Crippen LogP contribution in [0.5, 0.6) is 5.75 Å². The van der Waals surface area contributed by atoms with Gasteiger partial charge in [0.25, 0.3) is 0 Å². The molecule has 1 aromatic carbocycles. The van der Waals surface area contributed by atoms with E-state index in [1.807, 2.05) is 35.9 Å². The molecule has 0 fully saturated rings. The number of nitrogens with zero attached hydrogens (tertiary/aromatic N) is 1. The van der Waals surface area contributed by atoms with Gasteiger partial charge in [0.2, 0.25) is 0 Å². The highest BCUT2D eigenvalue weighted by atomic mass is 32.1. The van der Waals surface area contributed by atoms with E-state index in [0.29, 0.717) is 5.69 Å². The van der Waals surface area contributed by atoms with E-state index in [4.69, 9.17) is 4.74 Å². The van der Waals surface area contributed by atoms with Gasteiger partial charge in [0.05, 0.1) is 23.0 Å². The quantitative estimate of drug-likeness (QED) is 0.649. The van der Waals surface area contributed by atoms with Crippen LogP contribution in [0.1, 0.15) is 10.5 Å². The zero-order valence-corrected chi connectivity index (χ0v) is 10.4. The van der Waals surface area contributed by atoms with Gasteiger partial charge in [-0.2, -0.15) is 0 Å². The summed E-state index contributed by atoms with van der Waals surface area (Å²) in [6.45, 7) is 0. The number of rotatable bonds is 2. The second-order valence-electron chi connectivity index (χ2n) is 3.92. The summed E-state index contributed by atoms with van der Waals surface area (Å²) in [5.74, 6) is 0.861. The zero-order chi connectivity index (χ0) is 12.0. The molecule has 0 amide bonds. The van der Waals surface area contributed by atoms with Crippen molar-refractivity contribution in [1.29, 1.82) is 0 Å². The van der Waals surface area contributed by atoms with Crippen LogP contribution in [-0.4, -0.2) is 18.0 Å². The summed E-state index contributed by atoms with van der Waals surface area (Å²) >= 11 is 1.68. The largest absolute Gasteiger partial charge is 0.497 e. The molecule has 3 nitrogen and oxygen atoms in total. The first-order valence-electron chi connectivity index (χ1n) is 5.25. The summed E-state index contributed by atoms with van der Waals surface area (Å²) in [6, 6.07) is 7.95. The molecule has 2 aromatic heterocycles. The van der Waals surface area contributed by atoms with Crippen molar-refractivity contribution in [3.8, 4) is 5.75 Å². The number of ether oxygens (including phenoxy) is 1. The minimum absolute atomic E-state index is 0.712. The molecular weight excluding hydrogens is 234 g/mol. The van der Waals surface area contributed by atoms with Crippen LogP contribution in [0, 0.1) is 0 Å². The molecular formula is C13H11NO2S. The lowest BCUT2D eigenvalue weighted by Crippen LogP contribution is -1.93. The van der Waals surface area contributed by atoms with Crippen molar-refractivity contribution in [2.24, 2.45) is 7.05 Å². The Bertz CT molecular complexity index is 724. The third kappa shape index (κ3) is 1.37. The molecule has 4 heteroatoms. The van der Waals surface area contributed by atoms with E-state index in [1.165, 1.54) is 10.1 Å². The van der Waals surface area contributed by atoms with Crippen molar-refractivity contribution in [2.75, 3.05) is 7.11 Å². The molecule has 0 saturated carbocycles. The highest BCUT2D eigenvalue weighted by Crippen LogP contribution is 2.36. The van der Waals surface area contributed by atoms with Crippen molar-refractivity contribution in [3.05, 3.63) is 30.0 Å². The maximum atomic E-state index is 10.9. The fraction of sp³-hybridized carbons (Fsp3) is 0.154. The van der Waals surface area contributed by atoms with E-state index in [1.54, 1.807) is 18.4 Å². The first-order chi connectivity index (χ1) is 8.24. The zero-order valence-electron chi connectivity index (χ0n) is 9.56. The molecule has 17 heavy (non-hydrogen) atoms. The Kier molecular flexibility index (Phi) is 2.19. The van der Waals surface area contributed by atoms with Gasteiger partial charge < -0.3 is 9.30 Å². The fourth-order valence-corrected chi connectivity index (χ4v) is 3.34. The molecule has 0 unspecified atom stereocenters. The lowest BCUT2D eigenvalue weighted by Gasteiger charge is -2.00. The van der Waals surface area contributed by atoms with Gasteiger partial charge in [-0.1, -0.05) is 0 Å². The van der Waals surface area contributed by atoms with Crippen LogP contribution in [0.2, 0.25) is 0 Å². The highest BCUT2D eigenvalue weighted by Gasteiger charge is 2.12. The molecule has 0 bridgehead atoms. The van der Waals surface area contributed by atoms with Gasteiger partial charge in [-0.25, -0.2) is 0 Å². The number of aromatic nitrogens is 1. The van der Waals surface area contributed by atoms with Crippen LogP contribution < -0.4 is 4.74 Å². The summed E-state index contributed by atoms with van der Waals surface area (Å²) < 4.78 is 9.47. The Balaban J connectivity index is 2.41. The van der Waals surface area contributed by atoms with Gasteiger partial charge in [0, 0.05) is 17.1 Å². The van der Waals surface area contributed by atoms with Gasteiger partial charge in [-0.15, -0.1) is 11.3 Å². The smallest absolute Gasteiger partial charge is 0.166 e. The second-order valence-corrected chi connectivity index (χ2v) is 5.01. The minimum Gasteiger partial charge on any atom is -0.497 e. The van der Waals surface area contributed by atoms with Crippen LogP contribution in [-0.2, 0) is 7.05 Å². The number of methoxy groups -OCH3 is 1. The van der Waals surface area contributed by atoms with Gasteiger partial charge >= 0.3 is 0 Å². The Morgan fingerprint density at radius 1 is 1.29 bits per heavy atom. The van der Waals surface area contributed by atoms with Crippen LogP contribution in [0.4, 0.5) is 0 Å². The Labute approximate surface area is 102 Å². The molecule has 0 spiro atoms. The number of aryl methyl sites for hydroxylation is 1. The monoisotopic (exact) mass is 245 g/mol. The van der Waals surface area contributed by atoms with Crippen molar-refractivity contribution >= 4 is 37.9 Å². The molecule has 3 aromatic rings. The van der Waals surface area contributed by atoms with Crippen LogP contribution in [0.25, 0.3) is 20.3 Å². The third-order valence-corrected chi connectivity index (χ3v) is 4.11. The summed E-state index contributed by atoms with van der Waals surface area (Å²) in [5, 5.41) is 1.17. The molecule has 0 radical (unpaired) electrons. The SMILES string of the molecule is COc1ccc2c(c1)sc1cc(C=O)n(C)c12. The van der Waals surface area contributed by atoms with E-state index in [-0.39, 0.29) is 0 Å².